The Labute approximate surface area is 243 Å². The van der Waals surface area contributed by atoms with Gasteiger partial charge in [-0.05, 0) is 69.4 Å². The maximum absolute atomic E-state index is 6.22. The molecule has 0 N–H and O–H groups in total. The quantitative estimate of drug-likeness (QED) is 0.0819. The van der Waals surface area contributed by atoms with Crippen molar-refractivity contribution in [2.45, 2.75) is 117 Å². The molecule has 0 aliphatic heterocycles. The third-order valence-electron chi connectivity index (χ3n) is 8.31. The zero-order chi connectivity index (χ0) is 27.8. The Hall–Kier alpha value is -2.74. The van der Waals surface area contributed by atoms with Gasteiger partial charge in [-0.1, -0.05) is 140 Å². The lowest BCUT2D eigenvalue weighted by Gasteiger charge is -2.14. The van der Waals surface area contributed by atoms with E-state index in [0.717, 1.165) is 37.6 Å². The standard InChI is InChI=1S/C38H52O2/c1-3-5-7-9-11-13-15-19-27-39-31-23-25-35-36-26-24-32(40-28-20-16-14-12-10-8-6-4-2)30-38(36)34-22-18-17-21-33(34)37(35)29-31/h17-18,21-26,29-30H,3-16,19-20,27-28H2,1-2H3. The minimum absolute atomic E-state index is 0.797. The van der Waals surface area contributed by atoms with Crippen LogP contribution >= 0.6 is 0 Å². The second-order valence-electron chi connectivity index (χ2n) is 11.6. The molecule has 216 valence electrons. The molecule has 0 bridgehead atoms. The molecule has 0 aliphatic carbocycles. The van der Waals surface area contributed by atoms with E-state index in [2.05, 4.69) is 74.5 Å². The van der Waals surface area contributed by atoms with Gasteiger partial charge >= 0.3 is 0 Å². The first-order valence-corrected chi connectivity index (χ1v) is 16.5. The number of ether oxygens (including phenoxy) is 2. The van der Waals surface area contributed by atoms with Crippen molar-refractivity contribution in [1.82, 2.24) is 0 Å². The summed E-state index contributed by atoms with van der Waals surface area (Å²) in [5, 5.41) is 7.66. The van der Waals surface area contributed by atoms with Gasteiger partial charge in [0, 0.05) is 0 Å². The topological polar surface area (TPSA) is 18.5 Å². The number of unbranched alkanes of at least 4 members (excludes halogenated alkanes) is 14. The SMILES string of the molecule is CCCCCCCCCCOc1ccc2c3ccc(OCCCCCCCCCC)cc3c3ccccc3c2c1. The molecule has 2 heteroatoms. The normalized spacial score (nSPS) is 11.6. The largest absolute Gasteiger partial charge is 0.494 e. The van der Waals surface area contributed by atoms with Gasteiger partial charge in [0.1, 0.15) is 11.5 Å². The summed E-state index contributed by atoms with van der Waals surface area (Å²) in [6, 6.07) is 22.0. The molecule has 4 aromatic rings. The molecule has 0 saturated carbocycles. The van der Waals surface area contributed by atoms with Gasteiger partial charge in [0.05, 0.1) is 13.2 Å². The average Bonchev–Trinajstić information content (AvgIpc) is 2.99. The van der Waals surface area contributed by atoms with Gasteiger partial charge in [0.15, 0.2) is 0 Å². The fourth-order valence-corrected chi connectivity index (χ4v) is 5.95. The predicted octanol–water partition coefficient (Wildman–Crippen LogP) is 12.2. The molecule has 40 heavy (non-hydrogen) atoms. The molecular formula is C38H52O2. The molecule has 0 spiro atoms. The molecular weight excluding hydrogens is 488 g/mol. The average molecular weight is 541 g/mol. The van der Waals surface area contributed by atoms with Gasteiger partial charge in [-0.15, -0.1) is 0 Å². The Bertz CT molecular complexity index is 1170. The van der Waals surface area contributed by atoms with Crippen molar-refractivity contribution in [2.24, 2.45) is 0 Å². The minimum Gasteiger partial charge on any atom is -0.494 e. The Balaban J connectivity index is 1.36. The minimum atomic E-state index is 0.797. The summed E-state index contributed by atoms with van der Waals surface area (Å²) in [5.74, 6) is 1.95. The van der Waals surface area contributed by atoms with Crippen LogP contribution in [0.2, 0.25) is 0 Å². The second-order valence-corrected chi connectivity index (χ2v) is 11.6. The van der Waals surface area contributed by atoms with E-state index in [1.807, 2.05) is 0 Å². The van der Waals surface area contributed by atoms with E-state index in [0.29, 0.717) is 0 Å². The van der Waals surface area contributed by atoms with Crippen molar-refractivity contribution in [3.8, 4) is 11.5 Å². The zero-order valence-corrected chi connectivity index (χ0v) is 25.3. The van der Waals surface area contributed by atoms with E-state index in [1.165, 1.54) is 122 Å². The molecule has 0 aliphatic rings. The van der Waals surface area contributed by atoms with Gasteiger partial charge in [0.2, 0.25) is 0 Å². The molecule has 0 aromatic heterocycles. The van der Waals surface area contributed by atoms with Gasteiger partial charge in [-0.25, -0.2) is 0 Å². The molecule has 4 aromatic carbocycles. The monoisotopic (exact) mass is 540 g/mol. The fraction of sp³-hybridized carbons (Fsp3) is 0.526. The van der Waals surface area contributed by atoms with Gasteiger partial charge < -0.3 is 9.47 Å². The third-order valence-corrected chi connectivity index (χ3v) is 8.31. The molecule has 0 unspecified atom stereocenters. The van der Waals surface area contributed by atoms with Crippen molar-refractivity contribution in [3.63, 3.8) is 0 Å². The summed E-state index contributed by atoms with van der Waals surface area (Å²) in [5.41, 5.74) is 0. The van der Waals surface area contributed by atoms with E-state index in [-0.39, 0.29) is 0 Å². The van der Waals surface area contributed by atoms with Gasteiger partial charge in [0.25, 0.3) is 0 Å². The van der Waals surface area contributed by atoms with E-state index in [9.17, 15) is 0 Å². The molecule has 0 heterocycles. The molecule has 0 radical (unpaired) electrons. The highest BCUT2D eigenvalue weighted by Gasteiger charge is 2.11. The lowest BCUT2D eigenvalue weighted by molar-refractivity contribution is 0.304. The Kier molecular flexibility index (Phi) is 13.0. The van der Waals surface area contributed by atoms with Gasteiger partial charge in [-0.2, -0.15) is 0 Å². The first-order valence-electron chi connectivity index (χ1n) is 16.5. The molecule has 0 amide bonds. The second kappa shape index (κ2) is 17.2. The zero-order valence-electron chi connectivity index (χ0n) is 25.3. The molecule has 0 fully saturated rings. The summed E-state index contributed by atoms with van der Waals surface area (Å²) in [6.45, 7) is 6.15. The fourth-order valence-electron chi connectivity index (χ4n) is 5.95. The van der Waals surface area contributed by atoms with Crippen LogP contribution in [0.1, 0.15) is 117 Å². The van der Waals surface area contributed by atoms with Crippen LogP contribution in [0.15, 0.2) is 60.7 Å². The number of benzene rings is 4. The van der Waals surface area contributed by atoms with Crippen molar-refractivity contribution in [1.29, 1.82) is 0 Å². The van der Waals surface area contributed by atoms with E-state index >= 15 is 0 Å². The summed E-state index contributed by atoms with van der Waals surface area (Å²) in [4.78, 5) is 0. The van der Waals surface area contributed by atoms with Crippen molar-refractivity contribution >= 4 is 32.3 Å². The number of hydrogen-bond acceptors (Lipinski definition) is 2. The lowest BCUT2D eigenvalue weighted by atomic mass is 9.94. The first-order chi connectivity index (χ1) is 19.8. The van der Waals surface area contributed by atoms with Crippen LogP contribution in [0.3, 0.4) is 0 Å². The number of fused-ring (bicyclic) bond motifs is 6. The van der Waals surface area contributed by atoms with E-state index in [4.69, 9.17) is 9.47 Å². The summed E-state index contributed by atoms with van der Waals surface area (Å²) >= 11 is 0. The Morgan fingerprint density at radius 2 is 0.725 bits per heavy atom. The van der Waals surface area contributed by atoms with Crippen LogP contribution in [-0.2, 0) is 0 Å². The van der Waals surface area contributed by atoms with Gasteiger partial charge in [-0.3, -0.25) is 0 Å². The number of rotatable bonds is 20. The first kappa shape index (κ1) is 30.2. The summed E-state index contributed by atoms with van der Waals surface area (Å²) in [6.07, 6.45) is 21.1. The third kappa shape index (κ3) is 8.88. The van der Waals surface area contributed by atoms with Crippen LogP contribution in [0.25, 0.3) is 32.3 Å². The molecule has 4 rings (SSSR count). The molecule has 0 atom stereocenters. The van der Waals surface area contributed by atoms with Crippen LogP contribution in [0.5, 0.6) is 11.5 Å². The molecule has 2 nitrogen and oxygen atoms in total. The van der Waals surface area contributed by atoms with E-state index in [1.54, 1.807) is 0 Å². The van der Waals surface area contributed by atoms with Crippen molar-refractivity contribution in [3.05, 3.63) is 60.7 Å². The smallest absolute Gasteiger partial charge is 0.119 e. The predicted molar refractivity (Wildman–Crippen MR) is 175 cm³/mol. The Morgan fingerprint density at radius 1 is 0.375 bits per heavy atom. The van der Waals surface area contributed by atoms with Crippen molar-refractivity contribution < 1.29 is 9.47 Å². The van der Waals surface area contributed by atoms with E-state index < -0.39 is 0 Å². The highest BCUT2D eigenvalue weighted by molar-refractivity contribution is 6.25. The highest BCUT2D eigenvalue weighted by Crippen LogP contribution is 2.38. The lowest BCUT2D eigenvalue weighted by Crippen LogP contribution is -1.98. The van der Waals surface area contributed by atoms with Crippen LogP contribution < -0.4 is 9.47 Å². The Morgan fingerprint density at radius 3 is 1.12 bits per heavy atom. The number of hydrogen-bond donors (Lipinski definition) is 0. The molecule has 0 saturated heterocycles. The van der Waals surface area contributed by atoms with Crippen LogP contribution in [0, 0.1) is 0 Å². The maximum atomic E-state index is 6.22. The summed E-state index contributed by atoms with van der Waals surface area (Å²) in [7, 11) is 0. The summed E-state index contributed by atoms with van der Waals surface area (Å²) < 4.78 is 12.4. The maximum Gasteiger partial charge on any atom is 0.119 e. The van der Waals surface area contributed by atoms with Crippen LogP contribution in [0.4, 0.5) is 0 Å². The highest BCUT2D eigenvalue weighted by atomic mass is 16.5. The van der Waals surface area contributed by atoms with Crippen LogP contribution in [-0.4, -0.2) is 13.2 Å². The van der Waals surface area contributed by atoms with Crippen molar-refractivity contribution in [2.75, 3.05) is 13.2 Å².